The van der Waals surface area contributed by atoms with Gasteiger partial charge in [-0.25, -0.2) is 0 Å². The molecule has 1 aromatic heterocycles. The lowest BCUT2D eigenvalue weighted by Crippen LogP contribution is -2.22. The molecule has 27 heavy (non-hydrogen) atoms. The summed E-state index contributed by atoms with van der Waals surface area (Å²) in [6.07, 6.45) is 0.711. The Morgan fingerprint density at radius 1 is 0.889 bits per heavy atom. The third-order valence-electron chi connectivity index (χ3n) is 4.89. The third kappa shape index (κ3) is 2.78. The largest absolute Gasteiger partial charge is 0.455 e. The first-order chi connectivity index (χ1) is 13.0. The summed E-state index contributed by atoms with van der Waals surface area (Å²) in [5, 5.41) is 0. The molecule has 4 heteroatoms. The third-order valence-corrected chi connectivity index (χ3v) is 4.89. The zero-order valence-corrected chi connectivity index (χ0v) is 15.7. The number of rotatable bonds is 4. The monoisotopic (exact) mass is 359 g/mol. The molecule has 0 amide bonds. The second-order valence-corrected chi connectivity index (χ2v) is 7.28. The van der Waals surface area contributed by atoms with Crippen LogP contribution in [0.3, 0.4) is 0 Å². The molecule has 0 bridgehead atoms. The first-order valence-corrected chi connectivity index (χ1v) is 9.12. The van der Waals surface area contributed by atoms with Crippen molar-refractivity contribution < 1.29 is 14.3 Å². The van der Waals surface area contributed by atoms with Crippen LogP contribution in [0.25, 0.3) is 0 Å². The summed E-state index contributed by atoms with van der Waals surface area (Å²) in [7, 11) is 1.84. The van der Waals surface area contributed by atoms with Crippen LogP contribution in [-0.4, -0.2) is 16.1 Å². The zero-order valence-electron chi connectivity index (χ0n) is 15.7. The summed E-state index contributed by atoms with van der Waals surface area (Å²) in [5.74, 6) is 1.22. The highest BCUT2D eigenvalue weighted by molar-refractivity contribution is 6.29. The lowest BCUT2D eigenvalue weighted by atomic mass is 9.87. The minimum absolute atomic E-state index is 0.129. The highest BCUT2D eigenvalue weighted by Crippen LogP contribution is 2.40. The first kappa shape index (κ1) is 17.3. The number of ether oxygens (including phenoxy) is 1. The van der Waals surface area contributed by atoms with Gasteiger partial charge in [-0.2, -0.15) is 0 Å². The number of benzene rings is 2. The van der Waals surface area contributed by atoms with E-state index in [9.17, 15) is 9.59 Å². The molecule has 1 aliphatic rings. The Hall–Kier alpha value is -3.14. The van der Waals surface area contributed by atoms with Crippen LogP contribution in [0, 0.1) is 5.92 Å². The molecule has 0 saturated heterocycles. The molecule has 0 atom stereocenters. The first-order valence-electron chi connectivity index (χ1n) is 9.12. The second-order valence-electron chi connectivity index (χ2n) is 7.28. The van der Waals surface area contributed by atoms with E-state index in [4.69, 9.17) is 4.74 Å². The maximum absolute atomic E-state index is 13.3. The SMILES string of the molecule is CC(C)Cc1c(Oc2ccccc2)c2c(n1C)C(=O)c1ccccc1C2=O. The topological polar surface area (TPSA) is 48.3 Å². The molecule has 136 valence electrons. The summed E-state index contributed by atoms with van der Waals surface area (Å²) in [6, 6.07) is 16.4. The Bertz CT molecular complexity index is 1040. The van der Waals surface area contributed by atoms with Gasteiger partial charge in [0.25, 0.3) is 0 Å². The standard InChI is InChI=1S/C23H21NO3/c1-14(2)13-18-23(27-15-9-5-4-6-10-15)19-20(24(18)3)22(26)17-12-8-7-11-16(17)21(19)25/h4-12,14H,13H2,1-3H3. The van der Waals surface area contributed by atoms with E-state index in [2.05, 4.69) is 13.8 Å². The maximum atomic E-state index is 13.3. The Balaban J connectivity index is 1.95. The summed E-state index contributed by atoms with van der Waals surface area (Å²) in [6.45, 7) is 4.22. The molecule has 0 saturated carbocycles. The molecule has 0 spiro atoms. The predicted molar refractivity (Wildman–Crippen MR) is 104 cm³/mol. The Morgan fingerprint density at radius 3 is 2.11 bits per heavy atom. The van der Waals surface area contributed by atoms with Crippen molar-refractivity contribution in [3.63, 3.8) is 0 Å². The molecule has 0 aliphatic heterocycles. The second kappa shape index (κ2) is 6.54. The van der Waals surface area contributed by atoms with Gasteiger partial charge in [-0.15, -0.1) is 0 Å². The highest BCUT2D eigenvalue weighted by Gasteiger charge is 2.38. The minimum Gasteiger partial charge on any atom is -0.455 e. The molecular weight excluding hydrogens is 338 g/mol. The quantitative estimate of drug-likeness (QED) is 0.526. The van der Waals surface area contributed by atoms with E-state index in [1.54, 1.807) is 24.3 Å². The molecule has 3 aromatic rings. The van der Waals surface area contributed by atoms with Crippen molar-refractivity contribution in [3.8, 4) is 11.5 Å². The van der Waals surface area contributed by atoms with Gasteiger partial charge in [-0.1, -0.05) is 56.3 Å². The van der Waals surface area contributed by atoms with E-state index < -0.39 is 0 Å². The van der Waals surface area contributed by atoms with E-state index in [1.165, 1.54) is 0 Å². The van der Waals surface area contributed by atoms with Crippen LogP contribution in [0.15, 0.2) is 54.6 Å². The molecule has 2 aromatic carbocycles. The summed E-state index contributed by atoms with van der Waals surface area (Å²) >= 11 is 0. The number of para-hydroxylation sites is 1. The van der Waals surface area contributed by atoms with Gasteiger partial charge < -0.3 is 9.30 Å². The van der Waals surface area contributed by atoms with Gasteiger partial charge in [0.1, 0.15) is 11.4 Å². The van der Waals surface area contributed by atoms with Gasteiger partial charge in [0.05, 0.1) is 11.3 Å². The normalized spacial score (nSPS) is 12.9. The van der Waals surface area contributed by atoms with Crippen LogP contribution < -0.4 is 4.74 Å². The fraction of sp³-hybridized carbons (Fsp3) is 0.217. The van der Waals surface area contributed by atoms with Crippen LogP contribution >= 0.6 is 0 Å². The summed E-state index contributed by atoms with van der Waals surface area (Å²) < 4.78 is 8.01. The van der Waals surface area contributed by atoms with Crippen molar-refractivity contribution >= 4 is 11.6 Å². The van der Waals surface area contributed by atoms with Crippen molar-refractivity contribution in [1.29, 1.82) is 0 Å². The van der Waals surface area contributed by atoms with Gasteiger partial charge in [0, 0.05) is 18.2 Å². The number of ketones is 2. The Morgan fingerprint density at radius 2 is 1.48 bits per heavy atom. The lowest BCUT2D eigenvalue weighted by Gasteiger charge is -2.16. The van der Waals surface area contributed by atoms with Crippen LogP contribution in [0.5, 0.6) is 11.5 Å². The molecule has 0 unspecified atom stereocenters. The van der Waals surface area contributed by atoms with Crippen LogP contribution in [-0.2, 0) is 13.5 Å². The van der Waals surface area contributed by atoms with Gasteiger partial charge in [-0.3, -0.25) is 9.59 Å². The Labute approximate surface area is 158 Å². The van der Waals surface area contributed by atoms with E-state index in [0.717, 1.165) is 5.69 Å². The number of hydrogen-bond acceptors (Lipinski definition) is 3. The lowest BCUT2D eigenvalue weighted by molar-refractivity contribution is 0.0973. The van der Waals surface area contributed by atoms with Crippen LogP contribution in [0.2, 0.25) is 0 Å². The molecule has 4 rings (SSSR count). The van der Waals surface area contributed by atoms with Crippen molar-refractivity contribution in [1.82, 2.24) is 4.57 Å². The van der Waals surface area contributed by atoms with Crippen molar-refractivity contribution in [3.05, 3.63) is 82.7 Å². The van der Waals surface area contributed by atoms with E-state index >= 15 is 0 Å². The van der Waals surface area contributed by atoms with Crippen LogP contribution in [0.4, 0.5) is 0 Å². The number of aromatic nitrogens is 1. The number of hydrogen-bond donors (Lipinski definition) is 0. The molecule has 0 radical (unpaired) electrons. The molecule has 0 N–H and O–H groups in total. The molecule has 4 nitrogen and oxygen atoms in total. The number of carbonyl (C=O) groups excluding carboxylic acids is 2. The van der Waals surface area contributed by atoms with Crippen molar-refractivity contribution in [2.45, 2.75) is 20.3 Å². The number of fused-ring (bicyclic) bond motifs is 2. The fourth-order valence-corrected chi connectivity index (χ4v) is 3.66. The average molecular weight is 359 g/mol. The van der Waals surface area contributed by atoms with Gasteiger partial charge in [0.15, 0.2) is 11.5 Å². The van der Waals surface area contributed by atoms with Crippen molar-refractivity contribution in [2.75, 3.05) is 0 Å². The van der Waals surface area contributed by atoms with Gasteiger partial charge in [0.2, 0.25) is 5.78 Å². The zero-order chi connectivity index (χ0) is 19.1. The highest BCUT2D eigenvalue weighted by atomic mass is 16.5. The molecule has 1 heterocycles. The summed E-state index contributed by atoms with van der Waals surface area (Å²) in [4.78, 5) is 26.4. The smallest absolute Gasteiger partial charge is 0.211 e. The van der Waals surface area contributed by atoms with Gasteiger partial charge >= 0.3 is 0 Å². The fourth-order valence-electron chi connectivity index (χ4n) is 3.66. The number of nitrogens with zero attached hydrogens (tertiary/aromatic N) is 1. The minimum atomic E-state index is -0.156. The predicted octanol–water partition coefficient (Wildman–Crippen LogP) is 4.79. The van der Waals surface area contributed by atoms with Crippen molar-refractivity contribution in [2.24, 2.45) is 13.0 Å². The number of carbonyl (C=O) groups is 2. The molecule has 1 aliphatic carbocycles. The van der Waals surface area contributed by atoms with E-state index in [0.29, 0.717) is 46.2 Å². The van der Waals surface area contributed by atoms with E-state index in [1.807, 2.05) is 41.9 Å². The Kier molecular flexibility index (Phi) is 4.19. The van der Waals surface area contributed by atoms with Crippen LogP contribution in [0.1, 0.15) is 51.5 Å². The van der Waals surface area contributed by atoms with Gasteiger partial charge in [-0.05, 0) is 24.5 Å². The molecule has 0 fully saturated rings. The van der Waals surface area contributed by atoms with E-state index in [-0.39, 0.29) is 11.6 Å². The summed E-state index contributed by atoms with van der Waals surface area (Å²) in [5.41, 5.74) is 2.56. The average Bonchev–Trinajstić information content (AvgIpc) is 2.93. The molecular formula is C23H21NO3. The maximum Gasteiger partial charge on any atom is 0.211 e.